The summed E-state index contributed by atoms with van der Waals surface area (Å²) in [6, 6.07) is 12.6. The first-order chi connectivity index (χ1) is 20.0. The van der Waals surface area contributed by atoms with Gasteiger partial charge in [-0.2, -0.15) is 18.4 Å². The van der Waals surface area contributed by atoms with Crippen LogP contribution in [0.2, 0.25) is 10.0 Å². The third-order valence-electron chi connectivity index (χ3n) is 5.67. The first kappa shape index (κ1) is 30.8. The number of methoxy groups -OCH3 is 2. The lowest BCUT2D eigenvalue weighted by molar-refractivity contribution is -0.137. The molecule has 0 spiro atoms. The first-order valence-electron chi connectivity index (χ1n) is 11.9. The molecule has 0 radical (unpaired) electrons. The van der Waals surface area contributed by atoms with Crippen molar-refractivity contribution in [2.24, 2.45) is 0 Å². The van der Waals surface area contributed by atoms with Crippen LogP contribution in [0.3, 0.4) is 0 Å². The fourth-order valence-corrected chi connectivity index (χ4v) is 4.97. The molecule has 0 fully saturated rings. The summed E-state index contributed by atoms with van der Waals surface area (Å²) in [5.74, 6) is 0.520. The van der Waals surface area contributed by atoms with Crippen molar-refractivity contribution in [3.8, 4) is 17.6 Å². The molecule has 1 heterocycles. The van der Waals surface area contributed by atoms with Crippen LogP contribution in [0.4, 0.5) is 30.4 Å². The maximum atomic E-state index is 12.8. The van der Waals surface area contributed by atoms with Crippen LogP contribution in [0.15, 0.2) is 59.8 Å². The van der Waals surface area contributed by atoms with E-state index in [1.54, 1.807) is 30.3 Å². The topological polar surface area (TPSA) is 109 Å². The van der Waals surface area contributed by atoms with E-state index in [9.17, 15) is 18.0 Å². The average Bonchev–Trinajstić information content (AvgIpc) is 2.95. The molecular formula is C28H20Cl2F3N5O3S. The Kier molecular flexibility index (Phi) is 9.67. The SMILES string of the molecule is COc1cc2nc(SCC(=O)Nc3ccc(C(F)(F)F)cc3)nc(Nc3c(Cl)cc(/C=C/C#N)cc3Cl)c2cc1OC. The number of aromatic nitrogens is 2. The Morgan fingerprint density at radius 3 is 2.29 bits per heavy atom. The van der Waals surface area contributed by atoms with Gasteiger partial charge in [0.15, 0.2) is 16.7 Å². The monoisotopic (exact) mass is 633 g/mol. The summed E-state index contributed by atoms with van der Waals surface area (Å²) in [5.41, 5.74) is 0.811. The number of allylic oxidation sites excluding steroid dienone is 1. The van der Waals surface area contributed by atoms with E-state index >= 15 is 0 Å². The molecule has 4 rings (SSSR count). The summed E-state index contributed by atoms with van der Waals surface area (Å²) >= 11 is 14.0. The Morgan fingerprint density at radius 1 is 1.05 bits per heavy atom. The van der Waals surface area contributed by atoms with E-state index in [4.69, 9.17) is 37.9 Å². The Hall–Kier alpha value is -4.18. The summed E-state index contributed by atoms with van der Waals surface area (Å²) in [7, 11) is 2.96. The average molecular weight is 634 g/mol. The Labute approximate surface area is 252 Å². The molecule has 42 heavy (non-hydrogen) atoms. The van der Waals surface area contributed by atoms with Gasteiger partial charge in [-0.3, -0.25) is 4.79 Å². The highest BCUT2D eigenvalue weighted by Crippen LogP contribution is 2.39. The van der Waals surface area contributed by atoms with Crippen molar-refractivity contribution in [3.63, 3.8) is 0 Å². The Bertz CT molecular complexity index is 1690. The van der Waals surface area contributed by atoms with Gasteiger partial charge >= 0.3 is 6.18 Å². The van der Waals surface area contributed by atoms with Crippen LogP contribution in [-0.4, -0.2) is 35.8 Å². The molecule has 0 saturated carbocycles. The van der Waals surface area contributed by atoms with Gasteiger partial charge in [-0.05, 0) is 54.1 Å². The summed E-state index contributed by atoms with van der Waals surface area (Å²) in [6.07, 6.45) is -1.62. The van der Waals surface area contributed by atoms with Gasteiger partial charge in [0.1, 0.15) is 5.82 Å². The number of benzene rings is 3. The third kappa shape index (κ3) is 7.36. The van der Waals surface area contributed by atoms with Crippen molar-refractivity contribution in [3.05, 3.63) is 75.8 Å². The van der Waals surface area contributed by atoms with E-state index in [2.05, 4.69) is 20.6 Å². The van der Waals surface area contributed by atoms with E-state index in [1.807, 2.05) is 6.07 Å². The molecule has 1 aromatic heterocycles. The normalized spacial score (nSPS) is 11.4. The second kappa shape index (κ2) is 13.2. The molecule has 14 heteroatoms. The molecule has 4 aromatic rings. The number of nitriles is 1. The number of nitrogens with zero attached hydrogens (tertiary/aromatic N) is 3. The van der Waals surface area contributed by atoms with Gasteiger partial charge < -0.3 is 20.1 Å². The standard InChI is InChI=1S/C28H20Cl2F3N5O3S/c1-40-22-12-18-21(13-23(22)41-2)36-27(42-14-24(39)35-17-7-5-16(6-8-17)28(31,32)33)38-26(18)37-25-19(29)10-15(4-3-9-34)11-20(25)30/h3-8,10-13H,14H2,1-2H3,(H,35,39)(H,36,37,38)/b4-3+. The number of carbonyl (C=O) groups excluding carboxylic acids is 1. The molecule has 0 bridgehead atoms. The number of carbonyl (C=O) groups is 1. The highest BCUT2D eigenvalue weighted by molar-refractivity contribution is 7.99. The Morgan fingerprint density at radius 2 is 1.69 bits per heavy atom. The second-order valence-electron chi connectivity index (χ2n) is 8.44. The number of hydrogen-bond acceptors (Lipinski definition) is 8. The van der Waals surface area contributed by atoms with E-state index in [0.29, 0.717) is 39.5 Å². The lowest BCUT2D eigenvalue weighted by atomic mass is 10.1. The smallest absolute Gasteiger partial charge is 0.416 e. The van der Waals surface area contributed by atoms with Gasteiger partial charge in [0, 0.05) is 23.2 Å². The molecule has 0 atom stereocenters. The quantitative estimate of drug-likeness (QED) is 0.108. The summed E-state index contributed by atoms with van der Waals surface area (Å²) < 4.78 is 49.3. The highest BCUT2D eigenvalue weighted by Gasteiger charge is 2.30. The van der Waals surface area contributed by atoms with Crippen LogP contribution in [0.25, 0.3) is 17.0 Å². The van der Waals surface area contributed by atoms with Crippen molar-refractivity contribution in [1.29, 1.82) is 5.26 Å². The summed E-state index contributed by atoms with van der Waals surface area (Å²) in [6.45, 7) is 0. The van der Waals surface area contributed by atoms with Crippen molar-refractivity contribution in [1.82, 2.24) is 9.97 Å². The van der Waals surface area contributed by atoms with Crippen LogP contribution in [0.1, 0.15) is 11.1 Å². The van der Waals surface area contributed by atoms with Gasteiger partial charge in [-0.15, -0.1) is 0 Å². The van der Waals surface area contributed by atoms with Crippen LogP contribution in [0, 0.1) is 11.3 Å². The predicted molar refractivity (Wildman–Crippen MR) is 158 cm³/mol. The first-order valence-corrected chi connectivity index (χ1v) is 13.6. The summed E-state index contributed by atoms with van der Waals surface area (Å²) in [4.78, 5) is 21.7. The van der Waals surface area contributed by atoms with Gasteiger partial charge in [-0.1, -0.05) is 35.0 Å². The van der Waals surface area contributed by atoms with Crippen molar-refractivity contribution < 1.29 is 27.4 Å². The summed E-state index contributed by atoms with van der Waals surface area (Å²) in [5, 5.41) is 15.8. The molecule has 216 valence electrons. The van der Waals surface area contributed by atoms with E-state index < -0.39 is 17.6 Å². The number of nitrogens with one attached hydrogen (secondary N) is 2. The van der Waals surface area contributed by atoms with Crippen LogP contribution >= 0.6 is 35.0 Å². The zero-order chi connectivity index (χ0) is 30.4. The lowest BCUT2D eigenvalue weighted by Gasteiger charge is -2.15. The maximum Gasteiger partial charge on any atom is 0.416 e. The largest absolute Gasteiger partial charge is 0.493 e. The van der Waals surface area contributed by atoms with E-state index in [0.717, 1.165) is 23.9 Å². The molecule has 0 aliphatic carbocycles. The van der Waals surface area contributed by atoms with E-state index in [-0.39, 0.29) is 26.6 Å². The number of hydrogen-bond donors (Lipinski definition) is 2. The molecule has 0 aliphatic heterocycles. The minimum atomic E-state index is -4.48. The zero-order valence-electron chi connectivity index (χ0n) is 21.8. The molecular weight excluding hydrogens is 614 g/mol. The van der Waals surface area contributed by atoms with Gasteiger partial charge in [0.25, 0.3) is 0 Å². The zero-order valence-corrected chi connectivity index (χ0v) is 24.2. The minimum Gasteiger partial charge on any atom is -0.493 e. The lowest BCUT2D eigenvalue weighted by Crippen LogP contribution is -2.14. The number of thioether (sulfide) groups is 1. The second-order valence-corrected chi connectivity index (χ2v) is 10.2. The third-order valence-corrected chi connectivity index (χ3v) is 7.11. The Balaban J connectivity index is 1.63. The molecule has 8 nitrogen and oxygen atoms in total. The molecule has 2 N–H and O–H groups in total. The van der Waals surface area contributed by atoms with Crippen LogP contribution < -0.4 is 20.1 Å². The minimum absolute atomic E-state index is 0.138. The molecule has 3 aromatic carbocycles. The number of anilines is 3. The molecule has 0 saturated heterocycles. The van der Waals surface area contributed by atoms with Crippen LogP contribution in [-0.2, 0) is 11.0 Å². The van der Waals surface area contributed by atoms with Crippen LogP contribution in [0.5, 0.6) is 11.5 Å². The highest BCUT2D eigenvalue weighted by atomic mass is 35.5. The number of amides is 1. The maximum absolute atomic E-state index is 12.8. The number of halogens is 5. The van der Waals surface area contributed by atoms with Crippen molar-refractivity contribution >= 4 is 75.0 Å². The fraction of sp³-hybridized carbons (Fsp3) is 0.143. The number of rotatable bonds is 9. The molecule has 1 amide bonds. The molecule has 0 unspecified atom stereocenters. The van der Waals surface area contributed by atoms with Crippen molar-refractivity contribution in [2.75, 3.05) is 30.6 Å². The fourth-order valence-electron chi connectivity index (χ4n) is 3.72. The number of alkyl halides is 3. The predicted octanol–water partition coefficient (Wildman–Crippen LogP) is 7.98. The number of ether oxygens (including phenoxy) is 2. The van der Waals surface area contributed by atoms with Crippen molar-refractivity contribution in [2.45, 2.75) is 11.3 Å². The van der Waals surface area contributed by atoms with E-state index in [1.165, 1.54) is 32.4 Å². The number of fused-ring (bicyclic) bond motifs is 1. The van der Waals surface area contributed by atoms with Gasteiger partial charge in [0.05, 0.1) is 52.9 Å². The molecule has 0 aliphatic rings. The van der Waals surface area contributed by atoms with Gasteiger partial charge in [0.2, 0.25) is 5.91 Å². The van der Waals surface area contributed by atoms with Gasteiger partial charge in [-0.25, -0.2) is 9.97 Å².